The monoisotopic (exact) mass is 370 g/mol. The second kappa shape index (κ2) is 8.01. The minimum Gasteiger partial charge on any atom is -0.376 e. The van der Waals surface area contributed by atoms with Crippen molar-refractivity contribution in [2.45, 2.75) is 64.0 Å². The molecule has 146 valence electrons. The number of benzene rings is 1. The summed E-state index contributed by atoms with van der Waals surface area (Å²) in [5.74, 6) is 0.460. The molecule has 3 aliphatic rings. The van der Waals surface area contributed by atoms with E-state index in [1.54, 1.807) is 0 Å². The van der Waals surface area contributed by atoms with Crippen LogP contribution in [0.5, 0.6) is 0 Å². The molecule has 5 nitrogen and oxygen atoms in total. The average Bonchev–Trinajstić information content (AvgIpc) is 3.32. The Kier molecular flexibility index (Phi) is 5.48. The topological polar surface area (TPSA) is 58.6 Å². The molecule has 2 amide bonds. The van der Waals surface area contributed by atoms with Crippen LogP contribution in [0.1, 0.15) is 51.0 Å². The molecular weight excluding hydrogens is 340 g/mol. The number of hydrogen-bond donors (Lipinski definition) is 1. The predicted molar refractivity (Wildman–Crippen MR) is 105 cm³/mol. The van der Waals surface area contributed by atoms with E-state index in [1.807, 2.05) is 17.0 Å². The van der Waals surface area contributed by atoms with Crippen molar-refractivity contribution in [3.05, 3.63) is 29.8 Å². The number of nitrogens with one attached hydrogen (secondary N) is 1. The maximum atomic E-state index is 13.2. The summed E-state index contributed by atoms with van der Waals surface area (Å²) in [4.78, 5) is 27.6. The zero-order valence-electron chi connectivity index (χ0n) is 16.2. The van der Waals surface area contributed by atoms with Crippen LogP contribution < -0.4 is 10.2 Å². The summed E-state index contributed by atoms with van der Waals surface area (Å²) in [5.41, 5.74) is 2.34. The lowest BCUT2D eigenvalue weighted by atomic mass is 9.80. The number of anilines is 1. The first-order valence-corrected chi connectivity index (χ1v) is 10.4. The zero-order valence-corrected chi connectivity index (χ0v) is 16.2. The Hall–Kier alpha value is -1.88. The normalized spacial score (nSPS) is 30.2. The van der Waals surface area contributed by atoms with Crippen molar-refractivity contribution in [2.24, 2.45) is 11.8 Å². The lowest BCUT2D eigenvalue weighted by Gasteiger charge is -2.32. The summed E-state index contributed by atoms with van der Waals surface area (Å²) in [6, 6.07) is 8.45. The number of para-hydroxylation sites is 1. The molecule has 1 aliphatic carbocycles. The molecule has 0 spiro atoms. The molecule has 1 aromatic rings. The molecule has 27 heavy (non-hydrogen) atoms. The van der Waals surface area contributed by atoms with Gasteiger partial charge in [-0.1, -0.05) is 18.2 Å². The molecule has 0 radical (unpaired) electrons. The minimum atomic E-state index is 0.0405. The number of hydrogen-bond acceptors (Lipinski definition) is 3. The number of fused-ring (bicyclic) bond motifs is 1. The van der Waals surface area contributed by atoms with Crippen LogP contribution in [0.4, 0.5) is 5.69 Å². The summed E-state index contributed by atoms with van der Waals surface area (Å²) in [7, 11) is 0. The van der Waals surface area contributed by atoms with E-state index in [0.29, 0.717) is 6.54 Å². The first-order chi connectivity index (χ1) is 13.1. The molecular formula is C22H30N2O3. The van der Waals surface area contributed by atoms with E-state index in [9.17, 15) is 9.59 Å². The van der Waals surface area contributed by atoms with Crippen LogP contribution in [0.3, 0.4) is 0 Å². The van der Waals surface area contributed by atoms with Crippen LogP contribution in [0.2, 0.25) is 0 Å². The number of nitrogens with zero attached hydrogens (tertiary/aromatic N) is 1. The fraction of sp³-hybridized carbons (Fsp3) is 0.636. The Morgan fingerprint density at radius 3 is 2.59 bits per heavy atom. The molecule has 0 aromatic heterocycles. The van der Waals surface area contributed by atoms with Gasteiger partial charge in [0.15, 0.2) is 0 Å². The zero-order chi connectivity index (χ0) is 18.8. The van der Waals surface area contributed by atoms with Crippen LogP contribution >= 0.6 is 0 Å². The summed E-state index contributed by atoms with van der Waals surface area (Å²) in [6.45, 7) is 3.56. The van der Waals surface area contributed by atoms with Gasteiger partial charge in [0, 0.05) is 36.7 Å². The van der Waals surface area contributed by atoms with E-state index in [2.05, 4.69) is 24.4 Å². The van der Waals surface area contributed by atoms with Crippen molar-refractivity contribution in [3.8, 4) is 0 Å². The number of rotatable bonds is 4. The largest absolute Gasteiger partial charge is 0.376 e. The highest BCUT2D eigenvalue weighted by atomic mass is 16.5. The molecule has 4 rings (SSSR count). The summed E-state index contributed by atoms with van der Waals surface area (Å²) in [6.07, 6.45) is 6.47. The van der Waals surface area contributed by atoms with Crippen molar-refractivity contribution >= 4 is 17.5 Å². The summed E-state index contributed by atoms with van der Waals surface area (Å²) >= 11 is 0. The first kappa shape index (κ1) is 18.5. The molecule has 1 saturated heterocycles. The SMILES string of the molecule is CC1Cc2ccccc2N1C(=O)C1CCC(C(=O)NCC2CCCO2)CC1. The minimum absolute atomic E-state index is 0.0405. The average molecular weight is 370 g/mol. The van der Waals surface area contributed by atoms with Gasteiger partial charge in [-0.15, -0.1) is 0 Å². The Labute approximate surface area is 161 Å². The second-order valence-electron chi connectivity index (χ2n) is 8.32. The van der Waals surface area contributed by atoms with Crippen molar-refractivity contribution in [2.75, 3.05) is 18.1 Å². The third-order valence-corrected chi connectivity index (χ3v) is 6.42. The van der Waals surface area contributed by atoms with Crippen LogP contribution in [0.25, 0.3) is 0 Å². The van der Waals surface area contributed by atoms with E-state index >= 15 is 0 Å². The lowest BCUT2D eigenvalue weighted by Crippen LogP contribution is -2.43. The molecule has 2 unspecified atom stereocenters. The van der Waals surface area contributed by atoms with Crippen molar-refractivity contribution in [1.82, 2.24) is 5.32 Å². The Balaban J connectivity index is 1.30. The highest BCUT2D eigenvalue weighted by Gasteiger charge is 2.37. The summed E-state index contributed by atoms with van der Waals surface area (Å²) < 4.78 is 5.57. The van der Waals surface area contributed by atoms with Gasteiger partial charge in [0.1, 0.15) is 0 Å². The molecule has 2 atom stereocenters. The quantitative estimate of drug-likeness (QED) is 0.886. The van der Waals surface area contributed by atoms with Gasteiger partial charge in [-0.3, -0.25) is 9.59 Å². The molecule has 2 fully saturated rings. The Morgan fingerprint density at radius 2 is 1.85 bits per heavy atom. The van der Waals surface area contributed by atoms with Gasteiger partial charge < -0.3 is 15.0 Å². The molecule has 2 heterocycles. The molecule has 5 heteroatoms. The number of ether oxygens (including phenoxy) is 1. The van der Waals surface area contributed by atoms with E-state index in [0.717, 1.165) is 57.2 Å². The Morgan fingerprint density at radius 1 is 1.11 bits per heavy atom. The van der Waals surface area contributed by atoms with Crippen LogP contribution in [-0.4, -0.2) is 37.1 Å². The summed E-state index contributed by atoms with van der Waals surface area (Å²) in [5, 5.41) is 3.05. The number of carbonyl (C=O) groups excluding carboxylic acids is 2. The van der Waals surface area contributed by atoms with Gasteiger partial charge in [-0.25, -0.2) is 0 Å². The molecule has 0 bridgehead atoms. The maximum Gasteiger partial charge on any atom is 0.230 e. The fourth-order valence-electron chi connectivity index (χ4n) is 4.86. The van der Waals surface area contributed by atoms with Gasteiger partial charge >= 0.3 is 0 Å². The number of amides is 2. The molecule has 1 aromatic carbocycles. The van der Waals surface area contributed by atoms with Crippen LogP contribution in [0.15, 0.2) is 24.3 Å². The van der Waals surface area contributed by atoms with E-state index in [1.165, 1.54) is 5.56 Å². The van der Waals surface area contributed by atoms with Crippen molar-refractivity contribution in [3.63, 3.8) is 0 Å². The second-order valence-corrected chi connectivity index (χ2v) is 8.32. The molecule has 1 saturated carbocycles. The maximum absolute atomic E-state index is 13.2. The third-order valence-electron chi connectivity index (χ3n) is 6.42. The van der Waals surface area contributed by atoms with Crippen molar-refractivity contribution in [1.29, 1.82) is 0 Å². The van der Waals surface area contributed by atoms with Crippen molar-refractivity contribution < 1.29 is 14.3 Å². The van der Waals surface area contributed by atoms with E-state index < -0.39 is 0 Å². The van der Waals surface area contributed by atoms with Crippen LogP contribution in [0, 0.1) is 11.8 Å². The number of carbonyl (C=O) groups is 2. The van der Waals surface area contributed by atoms with Gasteiger partial charge in [-0.05, 0) is 63.5 Å². The highest BCUT2D eigenvalue weighted by Crippen LogP contribution is 2.37. The lowest BCUT2D eigenvalue weighted by molar-refractivity contribution is -0.129. The molecule has 2 aliphatic heterocycles. The smallest absolute Gasteiger partial charge is 0.230 e. The Bertz CT molecular complexity index is 691. The van der Waals surface area contributed by atoms with Gasteiger partial charge in [0.05, 0.1) is 6.10 Å². The van der Waals surface area contributed by atoms with E-state index in [-0.39, 0.29) is 35.8 Å². The fourth-order valence-corrected chi connectivity index (χ4v) is 4.86. The van der Waals surface area contributed by atoms with Crippen LogP contribution in [-0.2, 0) is 20.7 Å². The van der Waals surface area contributed by atoms with Gasteiger partial charge in [0.2, 0.25) is 11.8 Å². The first-order valence-electron chi connectivity index (χ1n) is 10.4. The van der Waals surface area contributed by atoms with E-state index in [4.69, 9.17) is 4.74 Å². The molecule has 1 N–H and O–H groups in total. The highest BCUT2D eigenvalue weighted by molar-refractivity contribution is 5.97. The van der Waals surface area contributed by atoms with Gasteiger partial charge in [0.25, 0.3) is 0 Å². The standard InChI is InChI=1S/C22H30N2O3/c1-15-13-18-5-2-3-7-20(18)24(15)22(26)17-10-8-16(9-11-17)21(25)23-14-19-6-4-12-27-19/h2-3,5,7,15-17,19H,4,6,8-14H2,1H3,(H,23,25). The predicted octanol–water partition coefficient (Wildman–Crippen LogP) is 3.07. The van der Waals surface area contributed by atoms with Gasteiger partial charge in [-0.2, -0.15) is 0 Å². The third kappa shape index (κ3) is 3.88.